The van der Waals surface area contributed by atoms with Gasteiger partial charge in [0.2, 0.25) is 5.95 Å². The highest BCUT2D eigenvalue weighted by atomic mass is 32.2. The Bertz CT molecular complexity index is 910. The molecule has 0 bridgehead atoms. The maximum absolute atomic E-state index is 5.93. The van der Waals surface area contributed by atoms with E-state index >= 15 is 0 Å². The minimum absolute atomic E-state index is 0.617. The molecule has 1 fully saturated rings. The standard InChI is InChI=1S/C22H26N4O2S/c1-2-18-7-6-10-20(17-18)28-15-16-29-22-24-23-21(25-11-13-27-14-12-25)26(22)19-8-4-3-5-9-19/h3-10,17H,2,11-16H2,1H3. The number of thioether (sulfide) groups is 1. The van der Waals surface area contributed by atoms with Crippen molar-refractivity contribution in [2.24, 2.45) is 0 Å². The molecule has 3 aromatic rings. The minimum Gasteiger partial charge on any atom is -0.493 e. The number of hydrogen-bond acceptors (Lipinski definition) is 6. The Kier molecular flexibility index (Phi) is 6.69. The summed E-state index contributed by atoms with van der Waals surface area (Å²) in [6, 6.07) is 18.6. The van der Waals surface area contributed by atoms with E-state index in [9.17, 15) is 0 Å². The molecule has 1 aliphatic heterocycles. The first-order valence-corrected chi connectivity index (χ1v) is 11.0. The molecule has 29 heavy (non-hydrogen) atoms. The first-order chi connectivity index (χ1) is 14.3. The zero-order valence-electron chi connectivity index (χ0n) is 16.7. The third-order valence-corrected chi connectivity index (χ3v) is 5.71. The molecule has 0 amide bonds. The molecular weight excluding hydrogens is 384 g/mol. The lowest BCUT2D eigenvalue weighted by Crippen LogP contribution is -2.37. The highest BCUT2D eigenvalue weighted by Gasteiger charge is 2.21. The van der Waals surface area contributed by atoms with Crippen molar-refractivity contribution in [2.75, 3.05) is 43.6 Å². The molecule has 1 aromatic heterocycles. The van der Waals surface area contributed by atoms with Crippen LogP contribution in [0.4, 0.5) is 5.95 Å². The predicted molar refractivity (Wildman–Crippen MR) is 116 cm³/mol. The maximum atomic E-state index is 5.93. The van der Waals surface area contributed by atoms with Gasteiger partial charge in [-0.1, -0.05) is 49.0 Å². The van der Waals surface area contributed by atoms with Crippen molar-refractivity contribution in [3.05, 3.63) is 60.2 Å². The van der Waals surface area contributed by atoms with Gasteiger partial charge in [-0.15, -0.1) is 10.2 Å². The molecule has 0 aliphatic carbocycles. The van der Waals surface area contributed by atoms with Crippen LogP contribution in [-0.4, -0.2) is 53.4 Å². The van der Waals surface area contributed by atoms with Crippen LogP contribution in [0.5, 0.6) is 5.75 Å². The van der Waals surface area contributed by atoms with Gasteiger partial charge in [-0.2, -0.15) is 0 Å². The lowest BCUT2D eigenvalue weighted by atomic mass is 10.2. The number of ether oxygens (including phenoxy) is 2. The van der Waals surface area contributed by atoms with Crippen molar-refractivity contribution in [3.8, 4) is 11.4 Å². The monoisotopic (exact) mass is 410 g/mol. The smallest absolute Gasteiger partial charge is 0.232 e. The van der Waals surface area contributed by atoms with E-state index in [1.165, 1.54) is 5.56 Å². The van der Waals surface area contributed by atoms with Gasteiger partial charge in [-0.05, 0) is 36.2 Å². The first-order valence-electron chi connectivity index (χ1n) is 10.0. The number of anilines is 1. The highest BCUT2D eigenvalue weighted by molar-refractivity contribution is 7.99. The first kappa shape index (κ1) is 19.8. The number of aryl methyl sites for hydroxylation is 1. The maximum Gasteiger partial charge on any atom is 0.232 e. The SMILES string of the molecule is CCc1cccc(OCCSc2nnc(N3CCOCC3)n2-c2ccccc2)c1. The molecule has 4 rings (SSSR count). The molecule has 1 aliphatic rings. The van der Waals surface area contributed by atoms with Crippen molar-refractivity contribution in [1.82, 2.24) is 14.8 Å². The van der Waals surface area contributed by atoms with E-state index in [-0.39, 0.29) is 0 Å². The van der Waals surface area contributed by atoms with E-state index in [0.29, 0.717) is 6.61 Å². The van der Waals surface area contributed by atoms with Crippen LogP contribution in [0.1, 0.15) is 12.5 Å². The van der Waals surface area contributed by atoms with Crippen LogP contribution >= 0.6 is 11.8 Å². The molecular formula is C22H26N4O2S. The fourth-order valence-electron chi connectivity index (χ4n) is 3.27. The fourth-order valence-corrected chi connectivity index (χ4v) is 4.04. The zero-order valence-corrected chi connectivity index (χ0v) is 17.5. The Morgan fingerprint density at radius 1 is 1.03 bits per heavy atom. The number of morpholine rings is 1. The van der Waals surface area contributed by atoms with E-state index in [1.54, 1.807) is 11.8 Å². The quantitative estimate of drug-likeness (QED) is 0.415. The largest absolute Gasteiger partial charge is 0.493 e. The van der Waals surface area contributed by atoms with Crippen molar-refractivity contribution >= 4 is 17.7 Å². The summed E-state index contributed by atoms with van der Waals surface area (Å²) in [6.07, 6.45) is 1.01. The van der Waals surface area contributed by atoms with E-state index in [1.807, 2.05) is 30.3 Å². The fraction of sp³-hybridized carbons (Fsp3) is 0.364. The molecule has 1 saturated heterocycles. The van der Waals surface area contributed by atoms with Crippen molar-refractivity contribution in [3.63, 3.8) is 0 Å². The Morgan fingerprint density at radius 3 is 2.66 bits per heavy atom. The van der Waals surface area contributed by atoms with Crippen LogP contribution in [0.15, 0.2) is 59.8 Å². The van der Waals surface area contributed by atoms with Gasteiger partial charge in [0.1, 0.15) is 5.75 Å². The second kappa shape index (κ2) is 9.80. The van der Waals surface area contributed by atoms with Gasteiger partial charge in [0.15, 0.2) is 5.16 Å². The van der Waals surface area contributed by atoms with Crippen molar-refractivity contribution in [2.45, 2.75) is 18.5 Å². The van der Waals surface area contributed by atoms with E-state index in [2.05, 4.69) is 50.9 Å². The Morgan fingerprint density at radius 2 is 1.86 bits per heavy atom. The molecule has 2 heterocycles. The van der Waals surface area contributed by atoms with Crippen LogP contribution in [0.2, 0.25) is 0 Å². The molecule has 6 nitrogen and oxygen atoms in total. The van der Waals surface area contributed by atoms with Crippen molar-refractivity contribution in [1.29, 1.82) is 0 Å². The zero-order chi connectivity index (χ0) is 19.9. The van der Waals surface area contributed by atoms with Gasteiger partial charge >= 0.3 is 0 Å². The van der Waals surface area contributed by atoms with Crippen LogP contribution in [0.3, 0.4) is 0 Å². The van der Waals surface area contributed by atoms with Gasteiger partial charge in [0, 0.05) is 18.8 Å². The van der Waals surface area contributed by atoms with Crippen LogP contribution in [-0.2, 0) is 11.2 Å². The lowest BCUT2D eigenvalue weighted by Gasteiger charge is -2.27. The normalized spacial score (nSPS) is 14.2. The molecule has 152 valence electrons. The number of hydrogen-bond donors (Lipinski definition) is 0. The van der Waals surface area contributed by atoms with Gasteiger partial charge < -0.3 is 14.4 Å². The number of para-hydroxylation sites is 1. The summed E-state index contributed by atoms with van der Waals surface area (Å²) in [7, 11) is 0. The summed E-state index contributed by atoms with van der Waals surface area (Å²) in [5.74, 6) is 2.59. The number of benzene rings is 2. The molecule has 7 heteroatoms. The second-order valence-electron chi connectivity index (χ2n) is 6.75. The lowest BCUT2D eigenvalue weighted by molar-refractivity contribution is 0.122. The summed E-state index contributed by atoms with van der Waals surface area (Å²) in [5, 5.41) is 9.85. The summed E-state index contributed by atoms with van der Waals surface area (Å²) in [4.78, 5) is 2.24. The molecule has 0 atom stereocenters. The van der Waals surface area contributed by atoms with Gasteiger partial charge in [0.25, 0.3) is 0 Å². The third kappa shape index (κ3) is 4.92. The van der Waals surface area contributed by atoms with E-state index in [0.717, 1.165) is 61.0 Å². The number of nitrogens with zero attached hydrogens (tertiary/aromatic N) is 4. The second-order valence-corrected chi connectivity index (χ2v) is 7.81. The summed E-state index contributed by atoms with van der Waals surface area (Å²) >= 11 is 1.66. The summed E-state index contributed by atoms with van der Waals surface area (Å²) in [6.45, 7) is 5.85. The van der Waals surface area contributed by atoms with Gasteiger partial charge in [0.05, 0.1) is 25.5 Å². The predicted octanol–water partition coefficient (Wildman–Crippen LogP) is 3.84. The summed E-state index contributed by atoms with van der Waals surface area (Å²) < 4.78 is 13.6. The van der Waals surface area contributed by atoms with E-state index < -0.39 is 0 Å². The Hall–Kier alpha value is -2.51. The van der Waals surface area contributed by atoms with Crippen LogP contribution in [0.25, 0.3) is 5.69 Å². The molecule has 0 N–H and O–H groups in total. The van der Waals surface area contributed by atoms with Gasteiger partial charge in [-0.3, -0.25) is 4.57 Å². The number of rotatable bonds is 8. The third-order valence-electron chi connectivity index (χ3n) is 4.81. The van der Waals surface area contributed by atoms with Gasteiger partial charge in [-0.25, -0.2) is 0 Å². The minimum atomic E-state index is 0.617. The van der Waals surface area contributed by atoms with Crippen LogP contribution in [0, 0.1) is 0 Å². The van der Waals surface area contributed by atoms with E-state index in [4.69, 9.17) is 9.47 Å². The molecule has 0 saturated carbocycles. The Labute approximate surface area is 175 Å². The Balaban J connectivity index is 1.46. The van der Waals surface area contributed by atoms with Crippen LogP contribution < -0.4 is 9.64 Å². The summed E-state index contributed by atoms with van der Waals surface area (Å²) in [5.41, 5.74) is 2.35. The number of aromatic nitrogens is 3. The van der Waals surface area contributed by atoms with Crippen molar-refractivity contribution < 1.29 is 9.47 Å². The molecule has 0 spiro atoms. The highest BCUT2D eigenvalue weighted by Crippen LogP contribution is 2.27. The molecule has 0 radical (unpaired) electrons. The average Bonchev–Trinajstić information content (AvgIpc) is 3.22. The molecule has 2 aromatic carbocycles. The average molecular weight is 411 g/mol. The molecule has 0 unspecified atom stereocenters. The topological polar surface area (TPSA) is 52.4 Å².